The number of ether oxygens (including phenoxy) is 2. The van der Waals surface area contributed by atoms with Crippen molar-refractivity contribution in [3.8, 4) is 0 Å². The van der Waals surface area contributed by atoms with Gasteiger partial charge in [0.1, 0.15) is 5.60 Å². The van der Waals surface area contributed by atoms with Crippen molar-refractivity contribution in [1.29, 1.82) is 0 Å². The number of nitrogens with zero attached hydrogens (tertiary/aromatic N) is 1. The predicted octanol–water partition coefficient (Wildman–Crippen LogP) is 3.00. The summed E-state index contributed by atoms with van der Waals surface area (Å²) < 4.78 is 11.4. The van der Waals surface area contributed by atoms with Crippen molar-refractivity contribution < 1.29 is 19.1 Å². The van der Waals surface area contributed by atoms with Crippen LogP contribution in [0.4, 0.5) is 4.79 Å². The van der Waals surface area contributed by atoms with E-state index in [0.29, 0.717) is 0 Å². The molecule has 0 saturated heterocycles. The van der Waals surface area contributed by atoms with E-state index in [9.17, 15) is 9.59 Å². The van der Waals surface area contributed by atoms with Crippen molar-refractivity contribution in [2.75, 3.05) is 7.11 Å². The first-order valence-electron chi connectivity index (χ1n) is 7.16. The Balaban J connectivity index is 3.19. The average molecular weight is 323 g/mol. The number of hydrogen-bond donors (Lipinski definition) is 0. The van der Waals surface area contributed by atoms with Crippen LogP contribution in [-0.4, -0.2) is 37.4 Å². The summed E-state index contributed by atoms with van der Waals surface area (Å²) in [6, 6.07) is 0. The van der Waals surface area contributed by atoms with Gasteiger partial charge in [0, 0.05) is 18.5 Å². The second-order valence-corrected chi connectivity index (χ2v) is 12.2. The fraction of sp³-hybridized carbons (Fsp3) is 0.500. The number of carbonyl (C=O) groups is 2. The molecule has 1 aromatic rings. The van der Waals surface area contributed by atoms with Crippen LogP contribution in [0, 0.1) is 0 Å². The Kier molecular flexibility index (Phi) is 5.40. The topological polar surface area (TPSA) is 57.5 Å². The van der Waals surface area contributed by atoms with E-state index >= 15 is 0 Å². The summed E-state index contributed by atoms with van der Waals surface area (Å²) in [6.07, 6.45) is 6.11. The molecule has 0 aliphatic rings. The molecule has 0 spiro atoms. The molecule has 0 atom stereocenters. The van der Waals surface area contributed by atoms with E-state index in [-0.39, 0.29) is 0 Å². The molecule has 0 aliphatic carbocycles. The second kappa shape index (κ2) is 6.52. The monoisotopic (exact) mass is 323 g/mol. The van der Waals surface area contributed by atoms with Gasteiger partial charge in [-0.3, -0.25) is 4.57 Å². The molecule has 1 heterocycles. The largest absolute Gasteiger partial charge is 0.466 e. The molecule has 0 radical (unpaired) electrons. The van der Waals surface area contributed by atoms with Gasteiger partial charge in [-0.05, 0) is 37.6 Å². The fourth-order valence-corrected chi connectivity index (χ4v) is 3.42. The van der Waals surface area contributed by atoms with Crippen LogP contribution in [0.5, 0.6) is 0 Å². The van der Waals surface area contributed by atoms with Crippen molar-refractivity contribution >= 4 is 31.4 Å². The van der Waals surface area contributed by atoms with Crippen LogP contribution in [0.3, 0.4) is 0 Å². The first kappa shape index (κ1) is 18.2. The minimum absolute atomic E-state index is 0.424. The number of aromatic nitrogens is 1. The molecule has 6 heteroatoms. The van der Waals surface area contributed by atoms with E-state index in [1.165, 1.54) is 17.8 Å². The molecular formula is C16H25NO4Si. The summed E-state index contributed by atoms with van der Waals surface area (Å²) in [6.45, 7) is 12.0. The van der Waals surface area contributed by atoms with Gasteiger partial charge in [-0.1, -0.05) is 19.6 Å². The number of methoxy groups -OCH3 is 1. The smallest absolute Gasteiger partial charge is 0.418 e. The molecule has 0 saturated carbocycles. The second-order valence-electron chi connectivity index (χ2n) is 7.12. The Bertz CT molecular complexity index is 588. The maximum atomic E-state index is 12.2. The van der Waals surface area contributed by atoms with Crippen LogP contribution in [0.15, 0.2) is 18.5 Å². The summed E-state index contributed by atoms with van der Waals surface area (Å²) in [5.41, 5.74) is 0.290. The van der Waals surface area contributed by atoms with Gasteiger partial charge in [-0.2, -0.15) is 0 Å². The fourth-order valence-electron chi connectivity index (χ4n) is 1.88. The van der Waals surface area contributed by atoms with Crippen LogP contribution in [0.2, 0.25) is 19.6 Å². The van der Waals surface area contributed by atoms with Gasteiger partial charge >= 0.3 is 12.1 Å². The van der Waals surface area contributed by atoms with E-state index in [1.54, 1.807) is 18.5 Å². The minimum Gasteiger partial charge on any atom is -0.466 e. The molecule has 0 bridgehead atoms. The zero-order valence-electron chi connectivity index (χ0n) is 14.4. The van der Waals surface area contributed by atoms with Crippen molar-refractivity contribution in [1.82, 2.24) is 4.57 Å². The zero-order chi connectivity index (χ0) is 17.1. The first-order chi connectivity index (χ1) is 9.94. The Morgan fingerprint density at radius 3 is 2.23 bits per heavy atom. The zero-order valence-corrected chi connectivity index (χ0v) is 15.4. The molecule has 0 aromatic carbocycles. The van der Waals surface area contributed by atoms with Crippen LogP contribution in [-0.2, 0) is 14.3 Å². The van der Waals surface area contributed by atoms with E-state index < -0.39 is 25.7 Å². The van der Waals surface area contributed by atoms with Crippen molar-refractivity contribution in [2.24, 2.45) is 0 Å². The highest BCUT2D eigenvalue weighted by molar-refractivity contribution is 6.89. The Morgan fingerprint density at radius 1 is 1.18 bits per heavy atom. The molecule has 22 heavy (non-hydrogen) atoms. The summed E-state index contributed by atoms with van der Waals surface area (Å²) >= 11 is 0. The lowest BCUT2D eigenvalue weighted by Crippen LogP contribution is -2.38. The van der Waals surface area contributed by atoms with Crippen molar-refractivity contribution in [3.05, 3.63) is 24.0 Å². The van der Waals surface area contributed by atoms with Gasteiger partial charge in [0.15, 0.2) is 0 Å². The third-order valence-corrected chi connectivity index (χ3v) is 4.90. The van der Waals surface area contributed by atoms with Crippen LogP contribution in [0.1, 0.15) is 26.3 Å². The first-order valence-corrected chi connectivity index (χ1v) is 10.7. The SMILES string of the molecule is COC(=O)/C=C/c1cn(C(=O)OC(C)(C)C)cc1[Si](C)(C)C. The highest BCUT2D eigenvalue weighted by Crippen LogP contribution is 2.14. The van der Waals surface area contributed by atoms with Crippen LogP contribution >= 0.6 is 0 Å². The van der Waals surface area contributed by atoms with Gasteiger partial charge in [0.05, 0.1) is 15.2 Å². The lowest BCUT2D eigenvalue weighted by atomic mass is 10.2. The maximum Gasteiger partial charge on any atom is 0.418 e. The van der Waals surface area contributed by atoms with E-state index in [1.807, 2.05) is 20.8 Å². The van der Waals surface area contributed by atoms with Crippen LogP contribution < -0.4 is 5.19 Å². The standard InChI is InChI=1S/C16H25NO4Si/c1-16(2,3)21-15(19)17-10-12(8-9-14(18)20-4)13(11-17)22(5,6)7/h8-11H,1-7H3/b9-8+. The Morgan fingerprint density at radius 2 is 1.77 bits per heavy atom. The third kappa shape index (κ3) is 5.18. The quantitative estimate of drug-likeness (QED) is 0.487. The van der Waals surface area contributed by atoms with Gasteiger partial charge in [0.2, 0.25) is 0 Å². The predicted molar refractivity (Wildman–Crippen MR) is 90.1 cm³/mol. The summed E-state index contributed by atoms with van der Waals surface area (Å²) in [5, 5.41) is 1.08. The Labute approximate surface area is 132 Å². The lowest BCUT2D eigenvalue weighted by Gasteiger charge is -2.19. The summed E-state index contributed by atoms with van der Waals surface area (Å²) in [7, 11) is -0.344. The minimum atomic E-state index is -1.68. The third-order valence-electron chi connectivity index (χ3n) is 2.87. The molecule has 5 nitrogen and oxygen atoms in total. The molecule has 0 amide bonds. The van der Waals surface area contributed by atoms with E-state index in [4.69, 9.17) is 4.74 Å². The average Bonchev–Trinajstić information content (AvgIpc) is 2.78. The highest BCUT2D eigenvalue weighted by Gasteiger charge is 2.24. The number of carbonyl (C=O) groups excluding carboxylic acids is 2. The number of hydrogen-bond acceptors (Lipinski definition) is 4. The molecule has 122 valence electrons. The van der Waals surface area contributed by atoms with Gasteiger partial charge in [0.25, 0.3) is 0 Å². The molecule has 0 N–H and O–H groups in total. The molecule has 0 aliphatic heterocycles. The van der Waals surface area contributed by atoms with Gasteiger partial charge in [-0.25, -0.2) is 9.59 Å². The van der Waals surface area contributed by atoms with Gasteiger partial charge in [-0.15, -0.1) is 0 Å². The summed E-state index contributed by atoms with van der Waals surface area (Å²) in [4.78, 5) is 23.5. The normalized spacial score (nSPS) is 12.5. The van der Waals surface area contributed by atoms with E-state index in [2.05, 4.69) is 24.4 Å². The Hall–Kier alpha value is -1.82. The number of esters is 1. The lowest BCUT2D eigenvalue weighted by molar-refractivity contribution is -0.134. The molecule has 1 rings (SSSR count). The molecular weight excluding hydrogens is 298 g/mol. The molecule has 0 fully saturated rings. The highest BCUT2D eigenvalue weighted by atomic mass is 28.3. The maximum absolute atomic E-state index is 12.2. The van der Waals surface area contributed by atoms with Crippen molar-refractivity contribution in [2.45, 2.75) is 46.0 Å². The number of rotatable bonds is 3. The molecule has 0 unspecified atom stereocenters. The van der Waals surface area contributed by atoms with Crippen LogP contribution in [0.25, 0.3) is 6.08 Å². The van der Waals surface area contributed by atoms with Crippen molar-refractivity contribution in [3.63, 3.8) is 0 Å². The van der Waals surface area contributed by atoms with Gasteiger partial charge < -0.3 is 9.47 Å². The summed E-state index contributed by atoms with van der Waals surface area (Å²) in [5.74, 6) is -0.424. The van der Waals surface area contributed by atoms with E-state index in [0.717, 1.165) is 10.8 Å². The molecule has 1 aromatic heterocycles.